The van der Waals surface area contributed by atoms with Crippen molar-refractivity contribution in [1.29, 1.82) is 0 Å². The molecule has 1 aliphatic rings. The molecule has 1 amide bonds. The summed E-state index contributed by atoms with van der Waals surface area (Å²) in [5, 5.41) is 21.7. The number of allylic oxidation sites excluding steroid dienone is 1. The fraction of sp³-hybridized carbons (Fsp3) is 0.136. The molecule has 1 aromatic heterocycles. The van der Waals surface area contributed by atoms with Crippen molar-refractivity contribution in [1.82, 2.24) is 10.5 Å². The van der Waals surface area contributed by atoms with Crippen LogP contribution in [0.25, 0.3) is 0 Å². The lowest BCUT2D eigenvalue weighted by molar-refractivity contribution is -0.385. The second-order valence-electron chi connectivity index (χ2n) is 7.15. The van der Waals surface area contributed by atoms with Gasteiger partial charge in [-0.1, -0.05) is 35.5 Å². The Morgan fingerprint density at radius 3 is 2.53 bits per heavy atom. The predicted molar refractivity (Wildman–Crippen MR) is 123 cm³/mol. The number of rotatable bonds is 5. The van der Waals surface area contributed by atoms with Gasteiger partial charge in [0.2, 0.25) is 0 Å². The number of carbonyl (C=O) groups is 1. The molecule has 0 spiro atoms. The highest BCUT2D eigenvalue weighted by Crippen LogP contribution is 2.37. The van der Waals surface area contributed by atoms with Crippen molar-refractivity contribution in [3.8, 4) is 0 Å². The fourth-order valence-electron chi connectivity index (χ4n) is 3.67. The zero-order valence-electron chi connectivity index (χ0n) is 17.2. The van der Waals surface area contributed by atoms with Crippen LogP contribution in [0.5, 0.6) is 0 Å². The molecule has 0 bridgehead atoms. The number of carbonyl (C=O) groups excluding carboxylic acids is 1. The average molecular weight is 449 g/mol. The zero-order valence-corrected chi connectivity index (χ0v) is 18.1. The summed E-state index contributed by atoms with van der Waals surface area (Å²) in [6, 6.07) is 16.3. The van der Waals surface area contributed by atoms with E-state index in [0.29, 0.717) is 22.1 Å². The Morgan fingerprint density at radius 1 is 1.19 bits per heavy atom. The van der Waals surface area contributed by atoms with Crippen molar-refractivity contribution < 1.29 is 14.2 Å². The second kappa shape index (κ2) is 8.60. The molecule has 0 saturated carbocycles. The minimum absolute atomic E-state index is 0.114. The monoisotopic (exact) mass is 449 g/mol. The van der Waals surface area contributed by atoms with Crippen LogP contribution in [0.1, 0.15) is 24.3 Å². The first-order valence-electron chi connectivity index (χ1n) is 9.71. The minimum atomic E-state index is -0.836. The number of hydrogen-bond donors (Lipinski definition) is 2. The first-order chi connectivity index (χ1) is 15.4. The van der Waals surface area contributed by atoms with Crippen LogP contribution in [0.3, 0.4) is 0 Å². The van der Waals surface area contributed by atoms with E-state index in [1.54, 1.807) is 43.0 Å². The Morgan fingerprint density at radius 2 is 1.88 bits per heavy atom. The lowest BCUT2D eigenvalue weighted by Gasteiger charge is -2.37. The molecule has 1 aliphatic heterocycles. The summed E-state index contributed by atoms with van der Waals surface area (Å²) in [6.07, 6.45) is 0. The lowest BCUT2D eigenvalue weighted by atomic mass is 9.93. The summed E-state index contributed by atoms with van der Waals surface area (Å²) in [5.74, 6) is 0.304. The van der Waals surface area contributed by atoms with Crippen LogP contribution in [-0.2, 0) is 4.79 Å². The van der Waals surface area contributed by atoms with E-state index >= 15 is 0 Å². The van der Waals surface area contributed by atoms with E-state index in [0.717, 1.165) is 5.69 Å². The minimum Gasteiger partial charge on any atom is -0.360 e. The first kappa shape index (κ1) is 21.2. The van der Waals surface area contributed by atoms with Crippen molar-refractivity contribution in [3.63, 3.8) is 0 Å². The normalized spacial score (nSPS) is 16.0. The van der Waals surface area contributed by atoms with Crippen LogP contribution < -0.4 is 15.5 Å². The van der Waals surface area contributed by atoms with Gasteiger partial charge in [0.15, 0.2) is 10.9 Å². The molecule has 162 valence electrons. The van der Waals surface area contributed by atoms with Crippen LogP contribution in [0.4, 0.5) is 17.2 Å². The number of nitro benzene ring substituents is 1. The SMILES string of the molecule is CC1=C(C(=O)Nc2cc(C)on2)[C@@H](c2ccccc2[N+](=O)[O-])NC(=S)N1c1ccccc1. The summed E-state index contributed by atoms with van der Waals surface area (Å²) in [7, 11) is 0. The predicted octanol–water partition coefficient (Wildman–Crippen LogP) is 4.24. The van der Waals surface area contributed by atoms with Gasteiger partial charge in [0, 0.05) is 23.5 Å². The Kier molecular flexibility index (Phi) is 5.69. The largest absolute Gasteiger partial charge is 0.360 e. The van der Waals surface area contributed by atoms with Gasteiger partial charge >= 0.3 is 0 Å². The fourth-order valence-corrected chi connectivity index (χ4v) is 4.03. The van der Waals surface area contributed by atoms with Crippen LogP contribution >= 0.6 is 12.2 Å². The van der Waals surface area contributed by atoms with E-state index in [-0.39, 0.29) is 17.1 Å². The smallest absolute Gasteiger partial charge is 0.275 e. The molecule has 3 aromatic rings. The maximum Gasteiger partial charge on any atom is 0.275 e. The van der Waals surface area contributed by atoms with Gasteiger partial charge in [-0.15, -0.1) is 0 Å². The number of hydrogen-bond acceptors (Lipinski definition) is 6. The highest BCUT2D eigenvalue weighted by molar-refractivity contribution is 7.80. The van der Waals surface area contributed by atoms with Crippen molar-refractivity contribution in [2.24, 2.45) is 0 Å². The van der Waals surface area contributed by atoms with Crippen LogP contribution in [-0.4, -0.2) is 21.1 Å². The van der Waals surface area contributed by atoms with Gasteiger partial charge in [0.1, 0.15) is 5.76 Å². The van der Waals surface area contributed by atoms with Gasteiger partial charge < -0.3 is 15.2 Å². The standard InChI is InChI=1S/C22H19N5O4S/c1-13-12-18(25-31-13)23-21(28)19-14(2)26(15-8-4-3-5-9-15)22(32)24-20(19)16-10-6-7-11-17(16)27(29)30/h3-12,20H,1-2H3,(H,24,32)(H,23,25,28)/t20-/m1/s1. The number of thiocarbonyl (C=S) groups is 1. The molecule has 2 aromatic carbocycles. The molecule has 2 N–H and O–H groups in total. The van der Waals surface area contributed by atoms with E-state index < -0.39 is 16.9 Å². The summed E-state index contributed by atoms with van der Waals surface area (Å²) >= 11 is 5.60. The third kappa shape index (κ3) is 3.95. The van der Waals surface area contributed by atoms with Gasteiger partial charge in [0.05, 0.1) is 22.1 Å². The van der Waals surface area contributed by atoms with Crippen molar-refractivity contribution in [2.75, 3.05) is 10.2 Å². The van der Waals surface area contributed by atoms with Gasteiger partial charge in [0.25, 0.3) is 11.6 Å². The molecule has 1 atom stereocenters. The maximum atomic E-state index is 13.4. The van der Waals surface area contributed by atoms with Crippen LogP contribution in [0, 0.1) is 17.0 Å². The van der Waals surface area contributed by atoms with E-state index in [4.69, 9.17) is 16.7 Å². The summed E-state index contributed by atoms with van der Waals surface area (Å²) < 4.78 is 5.03. The molecule has 9 nitrogen and oxygen atoms in total. The first-order valence-corrected chi connectivity index (χ1v) is 10.1. The Hall–Kier alpha value is -4.05. The molecular weight excluding hydrogens is 430 g/mol. The second-order valence-corrected chi connectivity index (χ2v) is 7.53. The molecule has 0 radical (unpaired) electrons. The molecule has 0 fully saturated rings. The molecule has 4 rings (SSSR count). The average Bonchev–Trinajstić information content (AvgIpc) is 3.18. The highest BCUT2D eigenvalue weighted by Gasteiger charge is 2.37. The van der Waals surface area contributed by atoms with Gasteiger partial charge in [-0.05, 0) is 44.3 Å². The molecule has 0 unspecified atom stereocenters. The number of aromatic nitrogens is 1. The molecule has 0 aliphatic carbocycles. The Bertz CT molecular complexity index is 1240. The summed E-state index contributed by atoms with van der Waals surface area (Å²) in [6.45, 7) is 3.46. The van der Waals surface area contributed by atoms with Gasteiger partial charge in [-0.25, -0.2) is 0 Å². The third-order valence-electron chi connectivity index (χ3n) is 5.06. The Balaban J connectivity index is 1.86. The van der Waals surface area contributed by atoms with Crippen molar-refractivity contribution in [2.45, 2.75) is 19.9 Å². The molecule has 32 heavy (non-hydrogen) atoms. The summed E-state index contributed by atoms with van der Waals surface area (Å²) in [5.41, 5.74) is 1.79. The maximum absolute atomic E-state index is 13.4. The molecule has 2 heterocycles. The third-order valence-corrected chi connectivity index (χ3v) is 5.36. The van der Waals surface area contributed by atoms with Crippen molar-refractivity contribution in [3.05, 3.63) is 93.4 Å². The highest BCUT2D eigenvalue weighted by atomic mass is 32.1. The van der Waals surface area contributed by atoms with E-state index in [1.807, 2.05) is 30.3 Å². The Labute approximate surface area is 188 Å². The number of benzene rings is 2. The van der Waals surface area contributed by atoms with Crippen LogP contribution in [0.2, 0.25) is 0 Å². The zero-order chi connectivity index (χ0) is 22.8. The number of nitrogens with zero attached hydrogens (tertiary/aromatic N) is 3. The number of aryl methyl sites for hydroxylation is 1. The van der Waals surface area contributed by atoms with Gasteiger partial charge in [-0.3, -0.25) is 19.8 Å². The number of anilines is 2. The van der Waals surface area contributed by atoms with Crippen molar-refractivity contribution >= 4 is 40.4 Å². The molecule has 10 heteroatoms. The number of nitrogens with one attached hydrogen (secondary N) is 2. The van der Waals surface area contributed by atoms with Crippen LogP contribution in [0.15, 0.2) is 76.5 Å². The number of nitro groups is 1. The molecule has 0 saturated heterocycles. The van der Waals surface area contributed by atoms with Gasteiger partial charge in [-0.2, -0.15) is 0 Å². The van der Waals surface area contributed by atoms with E-state index in [1.165, 1.54) is 6.07 Å². The topological polar surface area (TPSA) is 114 Å². The van der Waals surface area contributed by atoms with E-state index in [9.17, 15) is 14.9 Å². The molecular formula is C22H19N5O4S. The quantitative estimate of drug-likeness (QED) is 0.338. The summed E-state index contributed by atoms with van der Waals surface area (Å²) in [4.78, 5) is 26.3. The number of para-hydroxylation sites is 2. The lowest BCUT2D eigenvalue weighted by Crippen LogP contribution is -2.48. The van der Waals surface area contributed by atoms with E-state index in [2.05, 4.69) is 15.8 Å². The number of amides is 1.